The number of ether oxygens (including phenoxy) is 2. The Kier molecular flexibility index (Phi) is 5.07. The highest BCUT2D eigenvalue weighted by atomic mass is 79.9. The van der Waals surface area contributed by atoms with Gasteiger partial charge in [0.2, 0.25) is 0 Å². The van der Waals surface area contributed by atoms with E-state index in [0.717, 1.165) is 20.1 Å². The van der Waals surface area contributed by atoms with Crippen molar-refractivity contribution in [3.8, 4) is 11.5 Å². The summed E-state index contributed by atoms with van der Waals surface area (Å²) in [6.45, 7) is 0. The van der Waals surface area contributed by atoms with E-state index < -0.39 is 6.10 Å². The molecule has 1 N–H and O–H groups in total. The Morgan fingerprint density at radius 1 is 0.850 bits per heavy atom. The lowest BCUT2D eigenvalue weighted by Crippen LogP contribution is -2.03. The van der Waals surface area contributed by atoms with Crippen molar-refractivity contribution in [1.82, 2.24) is 0 Å². The molecule has 20 heavy (non-hydrogen) atoms. The van der Waals surface area contributed by atoms with Gasteiger partial charge in [-0.15, -0.1) is 0 Å². The van der Waals surface area contributed by atoms with Crippen LogP contribution < -0.4 is 9.47 Å². The molecule has 0 heterocycles. The molecule has 2 rings (SSSR count). The summed E-state index contributed by atoms with van der Waals surface area (Å²) in [5, 5.41) is 10.6. The fourth-order valence-electron chi connectivity index (χ4n) is 1.88. The zero-order chi connectivity index (χ0) is 14.7. The van der Waals surface area contributed by atoms with Crippen molar-refractivity contribution < 1.29 is 14.6 Å². The minimum Gasteiger partial charge on any atom is -0.497 e. The Bertz CT molecular complexity index is 561. The predicted molar refractivity (Wildman–Crippen MR) is 85.4 cm³/mol. The van der Waals surface area contributed by atoms with Crippen LogP contribution in [0.4, 0.5) is 0 Å². The topological polar surface area (TPSA) is 38.7 Å². The van der Waals surface area contributed by atoms with Gasteiger partial charge < -0.3 is 14.6 Å². The van der Waals surface area contributed by atoms with Crippen molar-refractivity contribution in [2.45, 2.75) is 6.10 Å². The van der Waals surface area contributed by atoms with E-state index in [1.54, 1.807) is 26.4 Å². The van der Waals surface area contributed by atoms with Gasteiger partial charge in [0.1, 0.15) is 17.6 Å². The van der Waals surface area contributed by atoms with Crippen LogP contribution in [0.1, 0.15) is 17.2 Å². The molecule has 0 amide bonds. The Balaban J connectivity index is 2.47. The summed E-state index contributed by atoms with van der Waals surface area (Å²) in [6, 6.07) is 11.0. The molecule has 0 aliphatic carbocycles. The molecule has 0 saturated heterocycles. The highest BCUT2D eigenvalue weighted by Crippen LogP contribution is 2.36. The van der Waals surface area contributed by atoms with Gasteiger partial charge >= 0.3 is 0 Å². The van der Waals surface area contributed by atoms with E-state index in [0.29, 0.717) is 11.5 Å². The number of methoxy groups -OCH3 is 2. The molecule has 0 aromatic heterocycles. The van der Waals surface area contributed by atoms with Crippen LogP contribution in [-0.2, 0) is 0 Å². The number of rotatable bonds is 4. The van der Waals surface area contributed by atoms with E-state index in [4.69, 9.17) is 9.47 Å². The predicted octanol–water partition coefficient (Wildman–Crippen LogP) is 4.31. The van der Waals surface area contributed by atoms with Crippen LogP contribution >= 0.6 is 31.9 Å². The Hall–Kier alpha value is -1.04. The van der Waals surface area contributed by atoms with Gasteiger partial charge in [0.15, 0.2) is 0 Å². The number of hydrogen-bond donors (Lipinski definition) is 1. The van der Waals surface area contributed by atoms with Crippen LogP contribution in [0.15, 0.2) is 45.3 Å². The van der Waals surface area contributed by atoms with Gasteiger partial charge in [-0.2, -0.15) is 0 Å². The van der Waals surface area contributed by atoms with Gasteiger partial charge in [0, 0.05) is 20.1 Å². The second-order valence-corrected chi connectivity index (χ2v) is 5.89. The van der Waals surface area contributed by atoms with E-state index in [-0.39, 0.29) is 0 Å². The molecule has 2 aromatic rings. The van der Waals surface area contributed by atoms with Crippen LogP contribution in [0.25, 0.3) is 0 Å². The average molecular weight is 402 g/mol. The van der Waals surface area contributed by atoms with E-state index in [2.05, 4.69) is 31.9 Å². The molecule has 5 heteroatoms. The molecule has 3 nitrogen and oxygen atoms in total. The molecule has 0 fully saturated rings. The standard InChI is InChI=1S/C15H14Br2O3/c1-19-9-3-5-13(16)11(7-9)15(18)12-8-10(20-2)4-6-14(12)17/h3-8,15,18H,1-2H3. The molecule has 0 saturated carbocycles. The van der Waals surface area contributed by atoms with E-state index in [9.17, 15) is 5.11 Å². The Morgan fingerprint density at radius 3 is 1.60 bits per heavy atom. The minimum absolute atomic E-state index is 0.696. The summed E-state index contributed by atoms with van der Waals surface area (Å²) in [6.07, 6.45) is -0.788. The molecular formula is C15H14Br2O3. The van der Waals surface area contributed by atoms with Crippen LogP contribution in [-0.4, -0.2) is 19.3 Å². The van der Waals surface area contributed by atoms with Crippen molar-refractivity contribution in [2.24, 2.45) is 0 Å². The van der Waals surface area contributed by atoms with Gasteiger partial charge in [0.25, 0.3) is 0 Å². The lowest BCUT2D eigenvalue weighted by molar-refractivity contribution is 0.217. The first-order valence-electron chi connectivity index (χ1n) is 5.91. The second-order valence-electron chi connectivity index (χ2n) is 4.18. The van der Waals surface area contributed by atoms with Crippen molar-refractivity contribution in [3.05, 3.63) is 56.5 Å². The number of hydrogen-bond acceptors (Lipinski definition) is 3. The lowest BCUT2D eigenvalue weighted by atomic mass is 10.0. The number of aliphatic hydroxyl groups excluding tert-OH is 1. The number of halogens is 2. The van der Waals surface area contributed by atoms with E-state index >= 15 is 0 Å². The molecule has 0 atom stereocenters. The molecular weight excluding hydrogens is 388 g/mol. The zero-order valence-corrected chi connectivity index (χ0v) is 14.2. The molecule has 0 aliphatic heterocycles. The fraction of sp³-hybridized carbons (Fsp3) is 0.200. The third-order valence-corrected chi connectivity index (χ3v) is 4.44. The third-order valence-electron chi connectivity index (χ3n) is 3.00. The first-order valence-corrected chi connectivity index (χ1v) is 7.50. The normalized spacial score (nSPS) is 10.7. The van der Waals surface area contributed by atoms with Crippen molar-refractivity contribution >= 4 is 31.9 Å². The van der Waals surface area contributed by atoms with Gasteiger partial charge in [0.05, 0.1) is 14.2 Å². The quantitative estimate of drug-likeness (QED) is 0.829. The van der Waals surface area contributed by atoms with Crippen LogP contribution in [0, 0.1) is 0 Å². The lowest BCUT2D eigenvalue weighted by Gasteiger charge is -2.17. The van der Waals surface area contributed by atoms with Crippen LogP contribution in [0.2, 0.25) is 0 Å². The van der Waals surface area contributed by atoms with Crippen molar-refractivity contribution in [3.63, 3.8) is 0 Å². The number of benzene rings is 2. The summed E-state index contributed by atoms with van der Waals surface area (Å²) in [7, 11) is 3.20. The fourth-order valence-corrected chi connectivity index (χ4v) is 2.81. The summed E-state index contributed by atoms with van der Waals surface area (Å²) in [4.78, 5) is 0. The number of aliphatic hydroxyl groups is 1. The van der Waals surface area contributed by atoms with Crippen LogP contribution in [0.3, 0.4) is 0 Å². The highest BCUT2D eigenvalue weighted by Gasteiger charge is 2.18. The smallest absolute Gasteiger partial charge is 0.119 e. The maximum Gasteiger partial charge on any atom is 0.119 e. The first kappa shape index (κ1) is 15.4. The molecule has 106 valence electrons. The molecule has 2 aromatic carbocycles. The molecule has 0 unspecified atom stereocenters. The summed E-state index contributed by atoms with van der Waals surface area (Å²) < 4.78 is 12.0. The monoisotopic (exact) mass is 400 g/mol. The highest BCUT2D eigenvalue weighted by molar-refractivity contribution is 9.10. The van der Waals surface area contributed by atoms with Crippen LogP contribution in [0.5, 0.6) is 11.5 Å². The summed E-state index contributed by atoms with van der Waals surface area (Å²) in [5.74, 6) is 1.39. The van der Waals surface area contributed by atoms with Gasteiger partial charge in [-0.05, 0) is 36.4 Å². The summed E-state index contributed by atoms with van der Waals surface area (Å²) in [5.41, 5.74) is 1.47. The van der Waals surface area contributed by atoms with Gasteiger partial charge in [-0.3, -0.25) is 0 Å². The molecule has 0 radical (unpaired) electrons. The molecule has 0 aliphatic rings. The Morgan fingerprint density at radius 2 is 1.25 bits per heavy atom. The Labute approximate surface area is 134 Å². The maximum atomic E-state index is 10.6. The minimum atomic E-state index is -0.788. The third kappa shape index (κ3) is 3.16. The largest absolute Gasteiger partial charge is 0.497 e. The SMILES string of the molecule is COc1ccc(Br)c(C(O)c2cc(OC)ccc2Br)c1. The second kappa shape index (κ2) is 6.61. The maximum absolute atomic E-state index is 10.6. The van der Waals surface area contributed by atoms with E-state index in [1.807, 2.05) is 24.3 Å². The molecule has 0 bridgehead atoms. The van der Waals surface area contributed by atoms with Gasteiger partial charge in [-0.1, -0.05) is 31.9 Å². The van der Waals surface area contributed by atoms with Crippen molar-refractivity contribution in [1.29, 1.82) is 0 Å². The van der Waals surface area contributed by atoms with Crippen molar-refractivity contribution in [2.75, 3.05) is 14.2 Å². The summed E-state index contributed by atoms with van der Waals surface area (Å²) >= 11 is 6.91. The molecule has 0 spiro atoms. The zero-order valence-electron chi connectivity index (χ0n) is 11.1. The van der Waals surface area contributed by atoms with E-state index in [1.165, 1.54) is 0 Å². The van der Waals surface area contributed by atoms with Gasteiger partial charge in [-0.25, -0.2) is 0 Å². The average Bonchev–Trinajstić information content (AvgIpc) is 2.47. The first-order chi connectivity index (χ1) is 9.56.